The van der Waals surface area contributed by atoms with Gasteiger partial charge in [0.2, 0.25) is 5.95 Å². The lowest BCUT2D eigenvalue weighted by atomic mass is 10.1. The number of rotatable bonds is 5. The van der Waals surface area contributed by atoms with E-state index < -0.39 is 0 Å². The summed E-state index contributed by atoms with van der Waals surface area (Å²) >= 11 is 0. The fourth-order valence-corrected chi connectivity index (χ4v) is 2.68. The smallest absolute Gasteiger partial charge is 0.223 e. The first kappa shape index (κ1) is 16.9. The summed E-state index contributed by atoms with van der Waals surface area (Å²) in [5, 5.41) is 3.15. The van der Waals surface area contributed by atoms with Crippen molar-refractivity contribution in [1.82, 2.24) is 19.9 Å². The monoisotopic (exact) mass is 363 g/mol. The van der Waals surface area contributed by atoms with Gasteiger partial charge in [0.1, 0.15) is 19.5 Å². The topological polar surface area (TPSA) is 99.1 Å². The van der Waals surface area contributed by atoms with E-state index in [-0.39, 0.29) is 11.8 Å². The Balaban J connectivity index is 1.48. The number of ketones is 1. The molecule has 27 heavy (non-hydrogen) atoms. The van der Waals surface area contributed by atoms with Crippen molar-refractivity contribution >= 4 is 11.7 Å². The molecule has 0 fully saturated rings. The van der Waals surface area contributed by atoms with Crippen LogP contribution in [0.2, 0.25) is 0 Å². The zero-order chi connectivity index (χ0) is 18.6. The van der Waals surface area contributed by atoms with Crippen molar-refractivity contribution in [3.63, 3.8) is 0 Å². The van der Waals surface area contributed by atoms with Crippen LogP contribution in [-0.2, 0) is 0 Å². The molecule has 1 unspecified atom stereocenters. The molecule has 1 aliphatic heterocycles. The zero-order valence-electron chi connectivity index (χ0n) is 14.6. The Morgan fingerprint density at radius 2 is 1.70 bits per heavy atom. The third-order valence-corrected chi connectivity index (χ3v) is 4.14. The molecule has 0 spiro atoms. The van der Waals surface area contributed by atoms with Gasteiger partial charge in [-0.1, -0.05) is 0 Å². The molecule has 1 atom stereocenters. The Bertz CT molecular complexity index is 947. The van der Waals surface area contributed by atoms with Crippen molar-refractivity contribution in [2.24, 2.45) is 0 Å². The number of aromatic nitrogens is 4. The van der Waals surface area contributed by atoms with Crippen molar-refractivity contribution in [3.05, 3.63) is 66.0 Å². The SMILES string of the molecule is CC(Nc1ncc(C(=O)c2ccc3c(c2)OCCO3)cn1)c1cncnc1. The van der Waals surface area contributed by atoms with E-state index >= 15 is 0 Å². The quantitative estimate of drug-likeness (QED) is 0.690. The third-order valence-electron chi connectivity index (χ3n) is 4.14. The second-order valence-electron chi connectivity index (χ2n) is 6.02. The molecule has 0 aliphatic carbocycles. The molecule has 3 aromatic rings. The molecular weight excluding hydrogens is 346 g/mol. The van der Waals surface area contributed by atoms with Crippen molar-refractivity contribution in [3.8, 4) is 11.5 Å². The molecule has 0 saturated heterocycles. The Kier molecular flexibility index (Phi) is 4.61. The lowest BCUT2D eigenvalue weighted by molar-refractivity contribution is 0.103. The maximum absolute atomic E-state index is 12.7. The van der Waals surface area contributed by atoms with Gasteiger partial charge in [-0.15, -0.1) is 0 Å². The summed E-state index contributed by atoms with van der Waals surface area (Å²) in [6, 6.07) is 5.06. The van der Waals surface area contributed by atoms with Gasteiger partial charge in [-0.3, -0.25) is 4.79 Å². The number of nitrogens with one attached hydrogen (secondary N) is 1. The van der Waals surface area contributed by atoms with Crippen LogP contribution in [0.15, 0.2) is 49.3 Å². The maximum atomic E-state index is 12.7. The van der Waals surface area contributed by atoms with Crippen LogP contribution in [0.5, 0.6) is 11.5 Å². The normalized spacial score (nSPS) is 13.7. The minimum Gasteiger partial charge on any atom is -0.486 e. The molecule has 1 N–H and O–H groups in total. The van der Waals surface area contributed by atoms with Gasteiger partial charge < -0.3 is 14.8 Å². The number of fused-ring (bicyclic) bond motifs is 1. The van der Waals surface area contributed by atoms with Gasteiger partial charge in [-0.25, -0.2) is 19.9 Å². The van der Waals surface area contributed by atoms with Crippen molar-refractivity contribution < 1.29 is 14.3 Å². The summed E-state index contributed by atoms with van der Waals surface area (Å²) in [5.41, 5.74) is 1.81. The Labute approximate surface area is 155 Å². The predicted octanol–water partition coefficient (Wildman–Crippen LogP) is 2.44. The minimum atomic E-state index is -0.178. The highest BCUT2D eigenvalue weighted by Gasteiger charge is 2.17. The maximum Gasteiger partial charge on any atom is 0.223 e. The van der Waals surface area contributed by atoms with E-state index in [9.17, 15) is 4.79 Å². The molecule has 0 radical (unpaired) electrons. The van der Waals surface area contributed by atoms with E-state index in [1.54, 1.807) is 30.6 Å². The van der Waals surface area contributed by atoms with Gasteiger partial charge in [0.15, 0.2) is 17.3 Å². The standard InChI is InChI=1S/C19H17N5O3/c1-12(14-7-20-11-21-8-14)24-19-22-9-15(10-23-19)18(25)13-2-3-16-17(6-13)27-5-4-26-16/h2-3,6-12H,4-5H2,1H3,(H,22,23,24). The molecular formula is C19H17N5O3. The number of carbonyl (C=O) groups is 1. The molecule has 1 aliphatic rings. The van der Waals surface area contributed by atoms with Crippen LogP contribution in [0.1, 0.15) is 34.5 Å². The fraction of sp³-hybridized carbons (Fsp3) is 0.211. The average molecular weight is 363 g/mol. The molecule has 1 aromatic carbocycles. The first-order chi connectivity index (χ1) is 13.2. The van der Waals surface area contributed by atoms with E-state index in [0.717, 1.165) is 5.56 Å². The van der Waals surface area contributed by atoms with Crippen LogP contribution in [0.3, 0.4) is 0 Å². The highest BCUT2D eigenvalue weighted by atomic mass is 16.6. The third kappa shape index (κ3) is 3.69. The van der Waals surface area contributed by atoms with Gasteiger partial charge in [0.25, 0.3) is 0 Å². The lowest BCUT2D eigenvalue weighted by Crippen LogP contribution is -2.16. The molecule has 0 saturated carbocycles. The largest absolute Gasteiger partial charge is 0.486 e. The summed E-state index contributed by atoms with van der Waals surface area (Å²) in [5.74, 6) is 1.46. The van der Waals surface area contributed by atoms with E-state index in [4.69, 9.17) is 9.47 Å². The average Bonchev–Trinajstić information content (AvgIpc) is 2.74. The second-order valence-corrected chi connectivity index (χ2v) is 6.02. The van der Waals surface area contributed by atoms with E-state index in [0.29, 0.717) is 41.8 Å². The Hall–Kier alpha value is -3.55. The number of carbonyl (C=O) groups excluding carboxylic acids is 1. The van der Waals surface area contributed by atoms with Gasteiger partial charge in [-0.05, 0) is 25.1 Å². The predicted molar refractivity (Wildman–Crippen MR) is 97.0 cm³/mol. The van der Waals surface area contributed by atoms with E-state index in [1.807, 2.05) is 6.92 Å². The van der Waals surface area contributed by atoms with Crippen LogP contribution in [-0.4, -0.2) is 38.9 Å². The zero-order valence-corrected chi connectivity index (χ0v) is 14.6. The van der Waals surface area contributed by atoms with Crippen LogP contribution in [0.25, 0.3) is 0 Å². The number of hydrogen-bond acceptors (Lipinski definition) is 8. The van der Waals surface area contributed by atoms with Gasteiger partial charge in [0.05, 0.1) is 11.6 Å². The van der Waals surface area contributed by atoms with Gasteiger partial charge >= 0.3 is 0 Å². The van der Waals surface area contributed by atoms with Gasteiger partial charge in [0, 0.05) is 35.9 Å². The first-order valence-electron chi connectivity index (χ1n) is 8.48. The van der Waals surface area contributed by atoms with Gasteiger partial charge in [-0.2, -0.15) is 0 Å². The van der Waals surface area contributed by atoms with Crippen molar-refractivity contribution in [2.45, 2.75) is 13.0 Å². The highest BCUT2D eigenvalue weighted by Crippen LogP contribution is 2.31. The summed E-state index contributed by atoms with van der Waals surface area (Å²) < 4.78 is 11.0. The Morgan fingerprint density at radius 1 is 1.00 bits per heavy atom. The summed E-state index contributed by atoms with van der Waals surface area (Å²) in [4.78, 5) is 29.1. The Morgan fingerprint density at radius 3 is 2.44 bits per heavy atom. The van der Waals surface area contributed by atoms with Crippen molar-refractivity contribution in [2.75, 3.05) is 18.5 Å². The molecule has 2 aromatic heterocycles. The molecule has 0 amide bonds. The first-order valence-corrected chi connectivity index (χ1v) is 8.48. The molecule has 4 rings (SSSR count). The number of ether oxygens (including phenoxy) is 2. The molecule has 8 nitrogen and oxygen atoms in total. The second kappa shape index (κ2) is 7.36. The molecule has 3 heterocycles. The number of hydrogen-bond donors (Lipinski definition) is 1. The van der Waals surface area contributed by atoms with E-state index in [1.165, 1.54) is 18.7 Å². The molecule has 8 heteroatoms. The van der Waals surface area contributed by atoms with Crippen LogP contribution < -0.4 is 14.8 Å². The van der Waals surface area contributed by atoms with Crippen LogP contribution in [0, 0.1) is 0 Å². The summed E-state index contributed by atoms with van der Waals surface area (Å²) in [6.07, 6.45) is 7.94. The molecule has 136 valence electrons. The minimum absolute atomic E-state index is 0.0643. The van der Waals surface area contributed by atoms with Crippen molar-refractivity contribution in [1.29, 1.82) is 0 Å². The summed E-state index contributed by atoms with van der Waals surface area (Å²) in [7, 11) is 0. The fourth-order valence-electron chi connectivity index (χ4n) is 2.68. The number of anilines is 1. The number of nitrogens with zero attached hydrogens (tertiary/aromatic N) is 4. The number of benzene rings is 1. The van der Waals surface area contributed by atoms with Crippen LogP contribution >= 0.6 is 0 Å². The highest BCUT2D eigenvalue weighted by molar-refractivity contribution is 6.09. The molecule has 0 bridgehead atoms. The summed E-state index contributed by atoms with van der Waals surface area (Å²) in [6.45, 7) is 2.94. The lowest BCUT2D eigenvalue weighted by Gasteiger charge is -2.18. The van der Waals surface area contributed by atoms with Crippen LogP contribution in [0.4, 0.5) is 5.95 Å². The van der Waals surface area contributed by atoms with E-state index in [2.05, 4.69) is 25.3 Å².